The molecule has 3 rings (SSSR count). The van der Waals surface area contributed by atoms with Crippen molar-refractivity contribution in [1.29, 1.82) is 0 Å². The molecule has 1 N–H and O–H groups in total. The van der Waals surface area contributed by atoms with Crippen LogP contribution in [0.5, 0.6) is 0 Å². The molecule has 1 fully saturated rings. The summed E-state index contributed by atoms with van der Waals surface area (Å²) in [6.07, 6.45) is 4.49. The molecule has 2 nitrogen and oxygen atoms in total. The van der Waals surface area contributed by atoms with Gasteiger partial charge in [-0.2, -0.15) is 0 Å². The second kappa shape index (κ2) is 3.86. The Balaban J connectivity index is 2.08. The summed E-state index contributed by atoms with van der Waals surface area (Å²) < 4.78 is 5.82. The van der Waals surface area contributed by atoms with Crippen molar-refractivity contribution in [2.75, 3.05) is 0 Å². The van der Waals surface area contributed by atoms with Crippen molar-refractivity contribution in [2.45, 2.75) is 36.6 Å². The van der Waals surface area contributed by atoms with Crippen molar-refractivity contribution >= 4 is 28.5 Å². The van der Waals surface area contributed by atoms with Gasteiger partial charge in [0, 0.05) is 5.33 Å². The molecule has 1 aliphatic heterocycles. The lowest BCUT2D eigenvalue weighted by atomic mass is 9.77. The molecule has 0 amide bonds. The van der Waals surface area contributed by atoms with Crippen molar-refractivity contribution in [3.63, 3.8) is 0 Å². The van der Waals surface area contributed by atoms with Gasteiger partial charge in [0.05, 0.1) is 5.60 Å². The largest absolute Gasteiger partial charge is 0.492 e. The molecule has 0 aromatic heterocycles. The average Bonchev–Trinajstić information content (AvgIpc) is 2.87. The molecule has 1 heterocycles. The zero-order valence-electron chi connectivity index (χ0n) is 9.08. The third kappa shape index (κ3) is 1.47. The van der Waals surface area contributed by atoms with Crippen LogP contribution < -0.4 is 5.46 Å². The van der Waals surface area contributed by atoms with Gasteiger partial charge in [-0.1, -0.05) is 47.0 Å². The van der Waals surface area contributed by atoms with Crippen LogP contribution in [-0.2, 0) is 15.6 Å². The van der Waals surface area contributed by atoms with E-state index in [0.29, 0.717) is 0 Å². The molecular formula is C12H14BBrO2. The highest BCUT2D eigenvalue weighted by Crippen LogP contribution is 2.44. The van der Waals surface area contributed by atoms with Crippen molar-refractivity contribution < 1.29 is 9.68 Å². The molecule has 0 atom stereocenters. The van der Waals surface area contributed by atoms with Crippen molar-refractivity contribution in [2.24, 2.45) is 0 Å². The highest BCUT2D eigenvalue weighted by molar-refractivity contribution is 9.08. The first-order valence-electron chi connectivity index (χ1n) is 5.80. The Kier molecular flexibility index (Phi) is 2.61. The zero-order chi connectivity index (χ0) is 11.2. The predicted octanol–water partition coefficient (Wildman–Crippen LogP) is 2.07. The van der Waals surface area contributed by atoms with Crippen LogP contribution in [0.3, 0.4) is 0 Å². The van der Waals surface area contributed by atoms with E-state index in [-0.39, 0.29) is 5.60 Å². The molecule has 0 radical (unpaired) electrons. The standard InChI is InChI=1S/C12H14BBrO2/c14-8-9-3-4-10-11(7-9)13(15)16-12(10)5-1-2-6-12/h3-4,7,15H,1-2,5-6,8H2. The molecule has 0 bridgehead atoms. The van der Waals surface area contributed by atoms with E-state index in [4.69, 9.17) is 4.65 Å². The summed E-state index contributed by atoms with van der Waals surface area (Å²) in [6.45, 7) is 0. The summed E-state index contributed by atoms with van der Waals surface area (Å²) in [6, 6.07) is 6.31. The highest BCUT2D eigenvalue weighted by atomic mass is 79.9. The van der Waals surface area contributed by atoms with Crippen LogP contribution >= 0.6 is 15.9 Å². The fraction of sp³-hybridized carbons (Fsp3) is 0.500. The minimum atomic E-state index is -0.730. The molecule has 4 heteroatoms. The Morgan fingerprint density at radius 1 is 1.38 bits per heavy atom. The monoisotopic (exact) mass is 280 g/mol. The second-order valence-electron chi connectivity index (χ2n) is 4.73. The topological polar surface area (TPSA) is 29.5 Å². The van der Waals surface area contributed by atoms with Crippen LogP contribution in [0.1, 0.15) is 36.8 Å². The Hall–Kier alpha value is -0.315. The number of fused-ring (bicyclic) bond motifs is 2. The van der Waals surface area contributed by atoms with Gasteiger partial charge in [0.25, 0.3) is 0 Å². The number of hydrogen-bond donors (Lipinski definition) is 1. The van der Waals surface area contributed by atoms with E-state index < -0.39 is 7.12 Å². The third-order valence-electron chi connectivity index (χ3n) is 3.78. The first-order valence-corrected chi connectivity index (χ1v) is 6.92. The van der Waals surface area contributed by atoms with Gasteiger partial charge >= 0.3 is 7.12 Å². The van der Waals surface area contributed by atoms with E-state index in [0.717, 1.165) is 23.6 Å². The van der Waals surface area contributed by atoms with E-state index in [2.05, 4.69) is 34.1 Å². The lowest BCUT2D eigenvalue weighted by Crippen LogP contribution is -2.29. The number of benzene rings is 1. The van der Waals surface area contributed by atoms with Gasteiger partial charge in [-0.15, -0.1) is 0 Å². The van der Waals surface area contributed by atoms with Crippen molar-refractivity contribution in [3.8, 4) is 0 Å². The molecule has 16 heavy (non-hydrogen) atoms. The molecule has 1 spiro atoms. The molecule has 2 aliphatic rings. The van der Waals surface area contributed by atoms with E-state index in [1.165, 1.54) is 24.0 Å². The molecule has 1 aromatic rings. The fourth-order valence-electron chi connectivity index (χ4n) is 2.99. The summed E-state index contributed by atoms with van der Waals surface area (Å²) in [5, 5.41) is 10.8. The lowest BCUT2D eigenvalue weighted by molar-refractivity contribution is 0.0679. The molecule has 84 valence electrons. The Bertz CT molecular complexity index is 415. The summed E-state index contributed by atoms with van der Waals surface area (Å²) >= 11 is 3.44. The van der Waals surface area contributed by atoms with E-state index >= 15 is 0 Å². The normalized spacial score (nSPS) is 21.8. The Labute approximate surface area is 104 Å². The van der Waals surface area contributed by atoms with Crippen LogP contribution in [-0.4, -0.2) is 12.1 Å². The fourth-order valence-corrected chi connectivity index (χ4v) is 3.34. The van der Waals surface area contributed by atoms with Crippen molar-refractivity contribution in [1.82, 2.24) is 0 Å². The van der Waals surface area contributed by atoms with Gasteiger partial charge in [-0.3, -0.25) is 0 Å². The first-order chi connectivity index (χ1) is 7.75. The average molecular weight is 281 g/mol. The van der Waals surface area contributed by atoms with Gasteiger partial charge < -0.3 is 9.68 Å². The lowest BCUT2D eigenvalue weighted by Gasteiger charge is -2.24. The predicted molar refractivity (Wildman–Crippen MR) is 67.9 cm³/mol. The SMILES string of the molecule is OB1OC2(CCCC2)c2ccc(CBr)cc21. The summed E-state index contributed by atoms with van der Waals surface area (Å²) in [5.41, 5.74) is 3.19. The molecule has 1 aromatic carbocycles. The number of halogens is 1. The number of rotatable bonds is 1. The Morgan fingerprint density at radius 3 is 2.81 bits per heavy atom. The van der Waals surface area contributed by atoms with Crippen LogP contribution in [0.25, 0.3) is 0 Å². The molecule has 0 saturated heterocycles. The van der Waals surface area contributed by atoms with Gasteiger partial charge in [-0.25, -0.2) is 0 Å². The third-order valence-corrected chi connectivity index (χ3v) is 4.42. The van der Waals surface area contributed by atoms with Gasteiger partial charge in [0.15, 0.2) is 0 Å². The van der Waals surface area contributed by atoms with E-state index in [1.54, 1.807) is 0 Å². The van der Waals surface area contributed by atoms with Crippen LogP contribution in [0.15, 0.2) is 18.2 Å². The van der Waals surface area contributed by atoms with Gasteiger partial charge in [0.1, 0.15) is 0 Å². The summed E-state index contributed by atoms with van der Waals surface area (Å²) in [5.74, 6) is 0. The van der Waals surface area contributed by atoms with E-state index in [1.807, 2.05) is 0 Å². The molecule has 1 saturated carbocycles. The molecular weight excluding hydrogens is 267 g/mol. The highest BCUT2D eigenvalue weighted by Gasteiger charge is 2.48. The minimum absolute atomic E-state index is 0.181. The number of hydrogen-bond acceptors (Lipinski definition) is 2. The van der Waals surface area contributed by atoms with Gasteiger partial charge in [0.2, 0.25) is 0 Å². The quantitative estimate of drug-likeness (QED) is 0.630. The Morgan fingerprint density at radius 2 is 2.12 bits per heavy atom. The molecule has 1 aliphatic carbocycles. The van der Waals surface area contributed by atoms with Crippen molar-refractivity contribution in [3.05, 3.63) is 29.3 Å². The first kappa shape index (κ1) is 10.8. The van der Waals surface area contributed by atoms with Crippen LogP contribution in [0.2, 0.25) is 0 Å². The zero-order valence-corrected chi connectivity index (χ0v) is 10.7. The maximum atomic E-state index is 9.99. The maximum Gasteiger partial charge on any atom is 0.492 e. The molecule has 0 unspecified atom stereocenters. The maximum absolute atomic E-state index is 9.99. The van der Waals surface area contributed by atoms with E-state index in [9.17, 15) is 5.02 Å². The summed E-state index contributed by atoms with van der Waals surface area (Å²) in [7, 11) is -0.730. The van der Waals surface area contributed by atoms with Crippen LogP contribution in [0.4, 0.5) is 0 Å². The second-order valence-corrected chi connectivity index (χ2v) is 5.29. The number of alkyl halides is 1. The van der Waals surface area contributed by atoms with Gasteiger partial charge in [-0.05, 0) is 29.4 Å². The summed E-state index contributed by atoms with van der Waals surface area (Å²) in [4.78, 5) is 0. The smallest absolute Gasteiger partial charge is 0.423 e. The van der Waals surface area contributed by atoms with Crippen LogP contribution in [0, 0.1) is 0 Å². The minimum Gasteiger partial charge on any atom is -0.423 e.